The van der Waals surface area contributed by atoms with Gasteiger partial charge in [-0.2, -0.15) is 5.10 Å². The fourth-order valence-corrected chi connectivity index (χ4v) is 6.39. The Morgan fingerprint density at radius 1 is 1.11 bits per heavy atom. The number of aliphatic imine (C=N–C) groups is 1. The van der Waals surface area contributed by atoms with Crippen LogP contribution in [-0.4, -0.2) is 72.4 Å². The SMILES string of the molecule is CC(C)(C)CC1(c2ccc(-c3cnccn3)cc2F)NC(=NC(=O)OC(C)(C)C)N(C(COC(=O)NC2CC2)c2ccc(Cl)c(-c3ncn[nH]3)c2)C1=O. The van der Waals surface area contributed by atoms with E-state index in [1.54, 1.807) is 45.0 Å². The summed E-state index contributed by atoms with van der Waals surface area (Å²) in [6.07, 6.45) is 5.88. The highest BCUT2D eigenvalue weighted by Gasteiger charge is 2.56. The molecule has 1 saturated heterocycles. The molecule has 2 fully saturated rings. The molecule has 1 aliphatic heterocycles. The van der Waals surface area contributed by atoms with Gasteiger partial charge in [0.05, 0.1) is 23.0 Å². The van der Waals surface area contributed by atoms with Gasteiger partial charge in [-0.05, 0) is 69.2 Å². The molecule has 0 spiro atoms. The maximum absolute atomic E-state index is 16.6. The van der Waals surface area contributed by atoms with Crippen molar-refractivity contribution in [3.8, 4) is 22.6 Å². The molecule has 1 saturated carbocycles. The summed E-state index contributed by atoms with van der Waals surface area (Å²) in [6.45, 7) is 10.4. The second kappa shape index (κ2) is 14.5. The van der Waals surface area contributed by atoms with E-state index in [9.17, 15) is 9.59 Å². The van der Waals surface area contributed by atoms with Crippen LogP contribution in [0.4, 0.5) is 14.0 Å². The number of aromatic nitrogens is 5. The molecule has 2 aliphatic rings. The van der Waals surface area contributed by atoms with Crippen LogP contribution in [0.25, 0.3) is 22.6 Å². The van der Waals surface area contributed by atoms with E-state index in [0.717, 1.165) is 12.8 Å². The number of halogens is 2. The van der Waals surface area contributed by atoms with Crippen molar-refractivity contribution in [1.82, 2.24) is 40.7 Å². The number of ether oxygens (including phenoxy) is 2. The number of nitrogens with one attached hydrogen (secondary N) is 3. The highest BCUT2D eigenvalue weighted by molar-refractivity contribution is 6.33. The Morgan fingerprint density at radius 2 is 1.89 bits per heavy atom. The summed E-state index contributed by atoms with van der Waals surface area (Å²) >= 11 is 6.59. The number of aromatic amines is 1. The number of nitrogens with zero attached hydrogens (tertiary/aromatic N) is 6. The Bertz CT molecular complexity index is 2030. The molecule has 1 aliphatic carbocycles. The van der Waals surface area contributed by atoms with Gasteiger partial charge in [-0.15, -0.1) is 4.99 Å². The number of H-pyrrole nitrogens is 1. The zero-order valence-corrected chi connectivity index (χ0v) is 31.0. The summed E-state index contributed by atoms with van der Waals surface area (Å²) in [4.78, 5) is 59.7. The average molecular weight is 746 g/mol. The lowest BCUT2D eigenvalue weighted by Gasteiger charge is -2.35. The Balaban J connectivity index is 1.52. The molecular formula is C37H41ClFN9O5. The lowest BCUT2D eigenvalue weighted by atomic mass is 9.75. The summed E-state index contributed by atoms with van der Waals surface area (Å²) in [6, 6.07) is 8.30. The molecule has 2 aromatic carbocycles. The van der Waals surface area contributed by atoms with Gasteiger partial charge >= 0.3 is 12.2 Å². The van der Waals surface area contributed by atoms with Crippen LogP contribution in [0.5, 0.6) is 0 Å². The standard InChI is InChI=1S/C37H41ClFN9O5/c1-35(2,3)19-37(25-11-7-21(16-27(25)39)28-17-40-13-14-41-28)31(49)48(32(46-37)45-34(51)53-36(4,5)6)29(18-52-33(50)44-23-9-10-23)22-8-12-26(38)24(15-22)30-42-20-43-47-30/h7-8,11-17,20,23,29H,9-10,18-19H2,1-6H3,(H,44,50)(H,42,43,47)(H,45,46,51). The van der Waals surface area contributed by atoms with E-state index < -0.39 is 46.5 Å². The lowest BCUT2D eigenvalue weighted by molar-refractivity contribution is -0.135. The predicted molar refractivity (Wildman–Crippen MR) is 194 cm³/mol. The first-order valence-corrected chi connectivity index (χ1v) is 17.5. The van der Waals surface area contributed by atoms with Crippen molar-refractivity contribution < 1.29 is 28.2 Å². The van der Waals surface area contributed by atoms with Gasteiger partial charge in [-0.3, -0.25) is 24.8 Å². The van der Waals surface area contributed by atoms with Crippen LogP contribution in [0.3, 0.4) is 0 Å². The smallest absolute Gasteiger partial charge is 0.437 e. The molecular weight excluding hydrogens is 705 g/mol. The van der Waals surface area contributed by atoms with Crippen molar-refractivity contribution in [2.24, 2.45) is 10.4 Å². The van der Waals surface area contributed by atoms with Crippen LogP contribution in [0.2, 0.25) is 5.02 Å². The minimum atomic E-state index is -1.79. The highest BCUT2D eigenvalue weighted by Crippen LogP contribution is 2.44. The molecule has 0 bridgehead atoms. The molecule has 2 atom stereocenters. The largest absolute Gasteiger partial charge is 0.447 e. The highest BCUT2D eigenvalue weighted by atomic mass is 35.5. The quantitative estimate of drug-likeness (QED) is 0.167. The van der Waals surface area contributed by atoms with Gasteiger partial charge in [0.15, 0.2) is 5.82 Å². The van der Waals surface area contributed by atoms with Gasteiger partial charge in [-0.25, -0.2) is 19.0 Å². The summed E-state index contributed by atoms with van der Waals surface area (Å²) in [7, 11) is 0. The zero-order chi connectivity index (χ0) is 38.1. The molecule has 2 unspecified atom stereocenters. The first kappa shape index (κ1) is 37.3. The van der Waals surface area contributed by atoms with E-state index in [4.69, 9.17) is 21.1 Å². The normalized spacial score (nSPS) is 18.8. The van der Waals surface area contributed by atoms with Crippen LogP contribution in [0.15, 0.2) is 66.3 Å². The molecule has 3 heterocycles. The number of benzene rings is 2. The molecule has 16 heteroatoms. The van der Waals surface area contributed by atoms with Gasteiger partial charge in [-0.1, -0.05) is 50.6 Å². The number of rotatable bonds is 9. The maximum atomic E-state index is 16.6. The van der Waals surface area contributed by atoms with E-state index in [1.807, 2.05) is 20.8 Å². The molecule has 2 aromatic heterocycles. The number of carbonyl (C=O) groups is 3. The second-order valence-electron chi connectivity index (χ2n) is 15.3. The number of carbonyl (C=O) groups excluding carboxylic acids is 3. The van der Waals surface area contributed by atoms with Crippen molar-refractivity contribution in [3.63, 3.8) is 0 Å². The number of hydrogen-bond acceptors (Lipinski definition) is 9. The van der Waals surface area contributed by atoms with Gasteiger partial charge in [0.25, 0.3) is 5.91 Å². The summed E-state index contributed by atoms with van der Waals surface area (Å²) in [5.41, 5.74) is -1.51. The van der Waals surface area contributed by atoms with Crippen LogP contribution in [-0.2, 0) is 19.8 Å². The molecule has 4 aromatic rings. The summed E-state index contributed by atoms with van der Waals surface area (Å²) in [5.74, 6) is -1.22. The van der Waals surface area contributed by atoms with Crippen molar-refractivity contribution in [1.29, 1.82) is 0 Å². The van der Waals surface area contributed by atoms with Gasteiger partial charge in [0.2, 0.25) is 5.96 Å². The Hall–Kier alpha value is -5.44. The molecule has 6 rings (SSSR count). The Labute approximate surface area is 311 Å². The first-order chi connectivity index (χ1) is 25.0. The van der Waals surface area contributed by atoms with E-state index in [1.165, 1.54) is 42.0 Å². The minimum Gasteiger partial charge on any atom is -0.447 e. The topological polar surface area (TPSA) is 177 Å². The monoisotopic (exact) mass is 745 g/mol. The molecule has 14 nitrogen and oxygen atoms in total. The maximum Gasteiger partial charge on any atom is 0.437 e. The second-order valence-corrected chi connectivity index (χ2v) is 15.7. The summed E-state index contributed by atoms with van der Waals surface area (Å²) in [5, 5.41) is 13.0. The van der Waals surface area contributed by atoms with E-state index in [-0.39, 0.29) is 30.6 Å². The van der Waals surface area contributed by atoms with Crippen LogP contribution < -0.4 is 10.6 Å². The fourth-order valence-electron chi connectivity index (χ4n) is 6.19. The number of amides is 3. The molecule has 53 heavy (non-hydrogen) atoms. The van der Waals surface area contributed by atoms with Gasteiger partial charge in [0.1, 0.15) is 29.9 Å². The Kier molecular flexibility index (Phi) is 10.2. The first-order valence-electron chi connectivity index (χ1n) is 17.1. The molecule has 0 radical (unpaired) electrons. The minimum absolute atomic E-state index is 0.00108. The fraction of sp³-hybridized carbons (Fsp3) is 0.405. The van der Waals surface area contributed by atoms with Crippen LogP contribution in [0.1, 0.15) is 78.0 Å². The number of hydrogen-bond donors (Lipinski definition) is 3. The zero-order valence-electron chi connectivity index (χ0n) is 30.2. The number of guanidine groups is 1. The van der Waals surface area contributed by atoms with E-state index >= 15 is 9.18 Å². The van der Waals surface area contributed by atoms with Crippen molar-refractivity contribution in [3.05, 3.63) is 83.3 Å². The predicted octanol–water partition coefficient (Wildman–Crippen LogP) is 6.71. The van der Waals surface area contributed by atoms with Crippen molar-refractivity contribution >= 4 is 35.7 Å². The number of alkyl carbamates (subject to hydrolysis) is 1. The van der Waals surface area contributed by atoms with Crippen molar-refractivity contribution in [2.75, 3.05) is 6.61 Å². The Morgan fingerprint density at radius 3 is 2.51 bits per heavy atom. The third-order valence-corrected chi connectivity index (χ3v) is 8.77. The lowest BCUT2D eigenvalue weighted by Crippen LogP contribution is -2.48. The third-order valence-electron chi connectivity index (χ3n) is 8.44. The van der Waals surface area contributed by atoms with Gasteiger partial charge < -0.3 is 20.1 Å². The third kappa shape index (κ3) is 8.62. The van der Waals surface area contributed by atoms with Crippen molar-refractivity contribution in [2.45, 2.75) is 84.0 Å². The van der Waals surface area contributed by atoms with Gasteiger partial charge in [0, 0.05) is 35.1 Å². The van der Waals surface area contributed by atoms with Crippen LogP contribution >= 0.6 is 11.6 Å². The van der Waals surface area contributed by atoms with Crippen LogP contribution in [0, 0.1) is 11.2 Å². The average Bonchev–Trinajstić information content (AvgIpc) is 3.63. The van der Waals surface area contributed by atoms with E-state index in [2.05, 4.69) is 40.8 Å². The molecule has 278 valence electrons. The van der Waals surface area contributed by atoms with E-state index in [0.29, 0.717) is 33.2 Å². The molecule has 3 N–H and O–H groups in total. The molecule has 3 amide bonds. The summed E-state index contributed by atoms with van der Waals surface area (Å²) < 4.78 is 27.9.